The van der Waals surface area contributed by atoms with Gasteiger partial charge in [0.15, 0.2) is 0 Å². The molecule has 10 heteroatoms. The quantitative estimate of drug-likeness (QED) is 0.472. The maximum absolute atomic E-state index is 11.3. The standard InChI is InChI=1S/C18H21N7O2S/c1-12-13(14-6-7-19-16(21-14)24-8-4-3-5-9-24)10-20-17-22-18(23-25(12)17)28-11-15(26)27-2/h6-7,10H,3-5,8-9,11H2,1-2H3. The monoisotopic (exact) mass is 399 g/mol. The van der Waals surface area contributed by atoms with Gasteiger partial charge in [0.1, 0.15) is 0 Å². The highest BCUT2D eigenvalue weighted by Crippen LogP contribution is 2.24. The van der Waals surface area contributed by atoms with Crippen LogP contribution in [0.5, 0.6) is 0 Å². The molecule has 4 rings (SSSR count). The Balaban J connectivity index is 1.63. The molecule has 0 radical (unpaired) electrons. The second-order valence-corrected chi connectivity index (χ2v) is 7.46. The Labute approximate surface area is 166 Å². The number of anilines is 1. The smallest absolute Gasteiger partial charge is 0.316 e. The highest BCUT2D eigenvalue weighted by molar-refractivity contribution is 7.99. The van der Waals surface area contributed by atoms with Crippen molar-refractivity contribution in [3.05, 3.63) is 24.2 Å². The lowest BCUT2D eigenvalue weighted by Crippen LogP contribution is -2.31. The van der Waals surface area contributed by atoms with E-state index < -0.39 is 0 Å². The first kappa shape index (κ1) is 18.6. The van der Waals surface area contributed by atoms with Crippen molar-refractivity contribution in [2.24, 2.45) is 0 Å². The van der Waals surface area contributed by atoms with Crippen LogP contribution in [-0.2, 0) is 9.53 Å². The maximum atomic E-state index is 11.3. The Kier molecular flexibility index (Phi) is 5.38. The molecule has 0 spiro atoms. The minimum Gasteiger partial charge on any atom is -0.468 e. The fraction of sp³-hybridized carbons (Fsp3) is 0.444. The summed E-state index contributed by atoms with van der Waals surface area (Å²) < 4.78 is 6.33. The van der Waals surface area contributed by atoms with Gasteiger partial charge in [-0.25, -0.2) is 15.0 Å². The van der Waals surface area contributed by atoms with Gasteiger partial charge in [-0.05, 0) is 32.3 Å². The van der Waals surface area contributed by atoms with Crippen molar-refractivity contribution in [1.82, 2.24) is 29.5 Å². The van der Waals surface area contributed by atoms with E-state index in [0.29, 0.717) is 10.9 Å². The number of aryl methyl sites for hydroxylation is 1. The molecule has 0 aliphatic carbocycles. The van der Waals surface area contributed by atoms with Crippen molar-refractivity contribution < 1.29 is 9.53 Å². The molecule has 4 heterocycles. The largest absolute Gasteiger partial charge is 0.468 e. The van der Waals surface area contributed by atoms with Crippen LogP contribution >= 0.6 is 11.8 Å². The van der Waals surface area contributed by atoms with Crippen LogP contribution in [0.1, 0.15) is 25.0 Å². The zero-order valence-electron chi connectivity index (χ0n) is 15.8. The maximum Gasteiger partial charge on any atom is 0.316 e. The molecular formula is C18H21N7O2S. The molecule has 3 aromatic rings. The molecule has 0 saturated carbocycles. The van der Waals surface area contributed by atoms with E-state index in [9.17, 15) is 4.79 Å². The molecule has 0 bridgehead atoms. The number of esters is 1. The third-order valence-corrected chi connectivity index (χ3v) is 5.50. The lowest BCUT2D eigenvalue weighted by molar-refractivity contribution is -0.137. The molecule has 0 N–H and O–H groups in total. The van der Waals surface area contributed by atoms with Gasteiger partial charge in [-0.2, -0.15) is 9.50 Å². The van der Waals surface area contributed by atoms with E-state index in [1.807, 2.05) is 13.0 Å². The molecule has 1 aliphatic heterocycles. The van der Waals surface area contributed by atoms with Crippen LogP contribution in [0.2, 0.25) is 0 Å². The molecule has 0 unspecified atom stereocenters. The summed E-state index contributed by atoms with van der Waals surface area (Å²) in [5.74, 6) is 1.08. The first-order valence-electron chi connectivity index (χ1n) is 9.16. The topological polar surface area (TPSA) is 98.4 Å². The fourth-order valence-corrected chi connectivity index (χ4v) is 3.81. The van der Waals surface area contributed by atoms with Gasteiger partial charge in [-0.15, -0.1) is 5.10 Å². The van der Waals surface area contributed by atoms with E-state index in [-0.39, 0.29) is 11.7 Å². The predicted octanol–water partition coefficient (Wildman–Crippen LogP) is 2.15. The van der Waals surface area contributed by atoms with Gasteiger partial charge >= 0.3 is 5.97 Å². The molecule has 0 atom stereocenters. The predicted molar refractivity (Wildman–Crippen MR) is 105 cm³/mol. The zero-order valence-corrected chi connectivity index (χ0v) is 16.6. The van der Waals surface area contributed by atoms with Gasteiger partial charge in [-0.1, -0.05) is 11.8 Å². The lowest BCUT2D eigenvalue weighted by atomic mass is 10.1. The first-order valence-corrected chi connectivity index (χ1v) is 10.1. The Hall–Kier alpha value is -2.75. The van der Waals surface area contributed by atoms with Gasteiger partial charge in [0.05, 0.1) is 24.3 Å². The van der Waals surface area contributed by atoms with E-state index in [1.54, 1.807) is 16.9 Å². The molecule has 1 aliphatic rings. The molecule has 3 aromatic heterocycles. The molecule has 1 saturated heterocycles. The lowest BCUT2D eigenvalue weighted by Gasteiger charge is -2.26. The molecule has 0 amide bonds. The van der Waals surface area contributed by atoms with Crippen LogP contribution in [0.4, 0.5) is 5.95 Å². The number of fused-ring (bicyclic) bond motifs is 1. The normalized spacial score (nSPS) is 14.4. The molecule has 28 heavy (non-hydrogen) atoms. The van der Waals surface area contributed by atoms with E-state index in [0.717, 1.165) is 36.0 Å². The summed E-state index contributed by atoms with van der Waals surface area (Å²) in [6.45, 7) is 3.93. The van der Waals surface area contributed by atoms with Crippen molar-refractivity contribution in [1.29, 1.82) is 0 Å². The SMILES string of the molecule is COC(=O)CSc1nc2ncc(-c3ccnc(N4CCCCC4)n3)c(C)n2n1. The summed E-state index contributed by atoms with van der Waals surface area (Å²) in [6.07, 6.45) is 7.15. The highest BCUT2D eigenvalue weighted by atomic mass is 32.2. The summed E-state index contributed by atoms with van der Waals surface area (Å²) in [5.41, 5.74) is 2.56. The number of hydrogen-bond acceptors (Lipinski definition) is 9. The van der Waals surface area contributed by atoms with Crippen LogP contribution in [0, 0.1) is 6.92 Å². The number of aromatic nitrogens is 6. The van der Waals surface area contributed by atoms with Crippen molar-refractivity contribution in [2.75, 3.05) is 30.9 Å². The van der Waals surface area contributed by atoms with E-state index in [2.05, 4.69) is 29.7 Å². The Morgan fingerprint density at radius 1 is 1.21 bits per heavy atom. The molecule has 1 fully saturated rings. The van der Waals surface area contributed by atoms with Crippen molar-refractivity contribution in [2.45, 2.75) is 31.3 Å². The zero-order chi connectivity index (χ0) is 19.5. The summed E-state index contributed by atoms with van der Waals surface area (Å²) >= 11 is 1.22. The van der Waals surface area contributed by atoms with Crippen LogP contribution in [0.15, 0.2) is 23.6 Å². The van der Waals surface area contributed by atoms with E-state index >= 15 is 0 Å². The summed E-state index contributed by atoms with van der Waals surface area (Å²) in [4.78, 5) is 31.5. The summed E-state index contributed by atoms with van der Waals surface area (Å²) in [7, 11) is 1.36. The van der Waals surface area contributed by atoms with Crippen molar-refractivity contribution in [3.8, 4) is 11.3 Å². The second-order valence-electron chi connectivity index (χ2n) is 6.52. The van der Waals surface area contributed by atoms with Crippen LogP contribution in [0.25, 0.3) is 17.0 Å². The number of carbonyl (C=O) groups is 1. The molecule has 0 aromatic carbocycles. The number of methoxy groups -OCH3 is 1. The highest BCUT2D eigenvalue weighted by Gasteiger charge is 2.17. The number of rotatable bonds is 5. The van der Waals surface area contributed by atoms with Gasteiger partial charge in [-0.3, -0.25) is 4.79 Å². The minimum atomic E-state index is -0.319. The van der Waals surface area contributed by atoms with Crippen molar-refractivity contribution >= 4 is 29.5 Å². The van der Waals surface area contributed by atoms with Gasteiger partial charge < -0.3 is 9.64 Å². The van der Waals surface area contributed by atoms with Crippen LogP contribution in [0.3, 0.4) is 0 Å². The number of piperidine rings is 1. The van der Waals surface area contributed by atoms with E-state index in [4.69, 9.17) is 4.98 Å². The van der Waals surface area contributed by atoms with Gasteiger partial charge in [0, 0.05) is 31.0 Å². The van der Waals surface area contributed by atoms with Gasteiger partial charge in [0.25, 0.3) is 5.78 Å². The van der Waals surface area contributed by atoms with Crippen LogP contribution in [-0.4, -0.2) is 61.5 Å². The summed E-state index contributed by atoms with van der Waals surface area (Å²) in [6, 6.07) is 1.88. The summed E-state index contributed by atoms with van der Waals surface area (Å²) in [5, 5.41) is 4.94. The Bertz CT molecular complexity index is 1000. The third kappa shape index (κ3) is 3.77. The third-order valence-electron chi connectivity index (χ3n) is 4.69. The number of ether oxygens (including phenoxy) is 1. The average Bonchev–Trinajstić information content (AvgIpc) is 3.17. The molecule has 9 nitrogen and oxygen atoms in total. The first-order chi connectivity index (χ1) is 13.7. The van der Waals surface area contributed by atoms with Crippen LogP contribution < -0.4 is 4.90 Å². The fourth-order valence-electron chi connectivity index (χ4n) is 3.16. The number of thioether (sulfide) groups is 1. The van der Waals surface area contributed by atoms with Gasteiger partial charge in [0.2, 0.25) is 11.1 Å². The molecule has 146 valence electrons. The van der Waals surface area contributed by atoms with E-state index in [1.165, 1.54) is 38.1 Å². The number of nitrogens with zero attached hydrogens (tertiary/aromatic N) is 7. The Morgan fingerprint density at radius 2 is 2.04 bits per heavy atom. The van der Waals surface area contributed by atoms with Crippen molar-refractivity contribution in [3.63, 3.8) is 0 Å². The Morgan fingerprint density at radius 3 is 2.82 bits per heavy atom. The molecular weight excluding hydrogens is 378 g/mol. The number of carbonyl (C=O) groups excluding carboxylic acids is 1. The minimum absolute atomic E-state index is 0.157. The second kappa shape index (κ2) is 8.09. The average molecular weight is 399 g/mol. The number of hydrogen-bond donors (Lipinski definition) is 0.